The summed E-state index contributed by atoms with van der Waals surface area (Å²) in [6.45, 7) is 1.88. The Balaban J connectivity index is 2.26. The number of aromatic nitrogens is 4. The second kappa shape index (κ2) is 4.73. The summed E-state index contributed by atoms with van der Waals surface area (Å²) in [6, 6.07) is 9.43. The maximum Gasteiger partial charge on any atom is 0.308 e. The molecular formula is C11H12N4O2. The van der Waals surface area contributed by atoms with Gasteiger partial charge >= 0.3 is 5.97 Å². The highest BCUT2D eigenvalue weighted by molar-refractivity contribution is 5.69. The van der Waals surface area contributed by atoms with Gasteiger partial charge in [-0.15, -0.1) is 5.10 Å². The molecule has 0 saturated heterocycles. The van der Waals surface area contributed by atoms with Gasteiger partial charge in [-0.1, -0.05) is 37.3 Å². The fourth-order valence-electron chi connectivity index (χ4n) is 1.46. The van der Waals surface area contributed by atoms with Gasteiger partial charge in [-0.25, -0.2) is 4.68 Å². The Bertz CT molecular complexity index is 509. The van der Waals surface area contributed by atoms with Crippen molar-refractivity contribution in [2.24, 2.45) is 5.92 Å². The van der Waals surface area contributed by atoms with Crippen LogP contribution in [-0.2, 0) is 11.3 Å². The van der Waals surface area contributed by atoms with Crippen molar-refractivity contribution < 1.29 is 9.90 Å². The van der Waals surface area contributed by atoms with Crippen LogP contribution in [0.15, 0.2) is 30.3 Å². The van der Waals surface area contributed by atoms with Crippen LogP contribution in [0.3, 0.4) is 0 Å². The number of carboxylic acid groups (broad SMARTS) is 1. The van der Waals surface area contributed by atoms with Gasteiger partial charge in [0.05, 0.1) is 12.5 Å². The highest BCUT2D eigenvalue weighted by Gasteiger charge is 2.16. The number of aliphatic carboxylic acids is 1. The van der Waals surface area contributed by atoms with Gasteiger partial charge in [0.2, 0.25) is 0 Å². The maximum atomic E-state index is 10.8. The molecular weight excluding hydrogens is 220 g/mol. The number of hydrogen-bond donors (Lipinski definition) is 1. The van der Waals surface area contributed by atoms with Crippen molar-refractivity contribution >= 4 is 5.97 Å². The molecule has 0 aliphatic rings. The van der Waals surface area contributed by atoms with E-state index in [-0.39, 0.29) is 6.54 Å². The van der Waals surface area contributed by atoms with Gasteiger partial charge < -0.3 is 5.11 Å². The van der Waals surface area contributed by atoms with Gasteiger partial charge in [0, 0.05) is 5.56 Å². The highest BCUT2D eigenvalue weighted by atomic mass is 16.4. The molecule has 0 fully saturated rings. The Hall–Kier alpha value is -2.24. The lowest BCUT2D eigenvalue weighted by Crippen LogP contribution is -2.18. The maximum absolute atomic E-state index is 10.8. The van der Waals surface area contributed by atoms with E-state index in [1.165, 1.54) is 4.68 Å². The van der Waals surface area contributed by atoms with E-state index < -0.39 is 11.9 Å². The molecule has 6 nitrogen and oxygen atoms in total. The molecule has 0 radical (unpaired) electrons. The third kappa shape index (κ3) is 2.47. The van der Waals surface area contributed by atoms with E-state index in [4.69, 9.17) is 5.11 Å². The Labute approximate surface area is 97.9 Å². The van der Waals surface area contributed by atoms with Crippen LogP contribution in [0.25, 0.3) is 11.4 Å². The van der Waals surface area contributed by atoms with Gasteiger partial charge in [-0.2, -0.15) is 0 Å². The fourth-order valence-corrected chi connectivity index (χ4v) is 1.46. The van der Waals surface area contributed by atoms with Crippen LogP contribution in [-0.4, -0.2) is 31.3 Å². The summed E-state index contributed by atoms with van der Waals surface area (Å²) in [4.78, 5) is 10.8. The predicted molar refractivity (Wildman–Crippen MR) is 60.1 cm³/mol. The van der Waals surface area contributed by atoms with E-state index in [0.29, 0.717) is 5.82 Å². The van der Waals surface area contributed by atoms with Crippen LogP contribution < -0.4 is 0 Å². The minimum atomic E-state index is -0.862. The topological polar surface area (TPSA) is 80.9 Å². The largest absolute Gasteiger partial charge is 0.481 e. The molecule has 1 N–H and O–H groups in total. The van der Waals surface area contributed by atoms with E-state index in [0.717, 1.165) is 5.56 Å². The summed E-state index contributed by atoms with van der Waals surface area (Å²) < 4.78 is 1.51. The van der Waals surface area contributed by atoms with Gasteiger partial charge in [-0.05, 0) is 10.4 Å². The molecule has 0 aliphatic heterocycles. The van der Waals surface area contributed by atoms with E-state index in [9.17, 15) is 4.79 Å². The lowest BCUT2D eigenvalue weighted by atomic mass is 10.1. The smallest absolute Gasteiger partial charge is 0.308 e. The average molecular weight is 232 g/mol. The Morgan fingerprint density at radius 3 is 2.76 bits per heavy atom. The summed E-state index contributed by atoms with van der Waals surface area (Å²) in [7, 11) is 0. The average Bonchev–Trinajstić information content (AvgIpc) is 2.78. The minimum absolute atomic E-state index is 0.257. The van der Waals surface area contributed by atoms with Crippen molar-refractivity contribution in [3.63, 3.8) is 0 Å². The molecule has 1 unspecified atom stereocenters. The zero-order valence-electron chi connectivity index (χ0n) is 9.32. The summed E-state index contributed by atoms with van der Waals surface area (Å²) in [6.07, 6.45) is 0. The molecule has 0 amide bonds. The molecule has 0 aliphatic carbocycles. The van der Waals surface area contributed by atoms with Gasteiger partial charge in [0.15, 0.2) is 5.82 Å². The molecule has 1 aromatic heterocycles. The highest BCUT2D eigenvalue weighted by Crippen LogP contribution is 2.15. The third-order valence-electron chi connectivity index (χ3n) is 2.43. The Kier molecular flexibility index (Phi) is 3.13. The minimum Gasteiger partial charge on any atom is -0.481 e. The van der Waals surface area contributed by atoms with Crippen molar-refractivity contribution in [2.45, 2.75) is 13.5 Å². The Morgan fingerprint density at radius 1 is 1.41 bits per heavy atom. The van der Waals surface area contributed by atoms with Gasteiger partial charge in [0.1, 0.15) is 0 Å². The van der Waals surface area contributed by atoms with Crippen molar-refractivity contribution in [3.05, 3.63) is 30.3 Å². The molecule has 88 valence electrons. The lowest BCUT2D eigenvalue weighted by Gasteiger charge is -2.07. The molecule has 2 rings (SSSR count). The molecule has 2 aromatic rings. The second-order valence-corrected chi connectivity index (χ2v) is 3.79. The van der Waals surface area contributed by atoms with Crippen LogP contribution >= 0.6 is 0 Å². The zero-order chi connectivity index (χ0) is 12.3. The standard InChI is InChI=1S/C11H12N4O2/c1-8(11(16)17)7-15-10(12-13-14-15)9-5-3-2-4-6-9/h2-6,8H,7H2,1H3,(H,16,17). The predicted octanol–water partition coefficient (Wildman–Crippen LogP) is 1.06. The SMILES string of the molecule is CC(Cn1nnnc1-c1ccccc1)C(=O)O. The van der Waals surface area contributed by atoms with E-state index >= 15 is 0 Å². The molecule has 1 aromatic carbocycles. The molecule has 0 saturated carbocycles. The van der Waals surface area contributed by atoms with Crippen LogP contribution in [0.5, 0.6) is 0 Å². The first kappa shape index (κ1) is 11.3. The number of rotatable bonds is 4. The van der Waals surface area contributed by atoms with E-state index in [2.05, 4.69) is 15.5 Å². The summed E-state index contributed by atoms with van der Waals surface area (Å²) >= 11 is 0. The monoisotopic (exact) mass is 232 g/mol. The van der Waals surface area contributed by atoms with Crippen molar-refractivity contribution in [1.29, 1.82) is 0 Å². The van der Waals surface area contributed by atoms with Crippen LogP contribution in [0.1, 0.15) is 6.92 Å². The van der Waals surface area contributed by atoms with Crippen molar-refractivity contribution in [3.8, 4) is 11.4 Å². The number of hydrogen-bond acceptors (Lipinski definition) is 4. The molecule has 0 bridgehead atoms. The molecule has 1 atom stereocenters. The zero-order valence-corrected chi connectivity index (χ0v) is 9.32. The van der Waals surface area contributed by atoms with Crippen molar-refractivity contribution in [1.82, 2.24) is 20.2 Å². The fraction of sp³-hybridized carbons (Fsp3) is 0.273. The van der Waals surface area contributed by atoms with Gasteiger partial charge in [0.25, 0.3) is 0 Å². The number of benzene rings is 1. The number of carbonyl (C=O) groups is 1. The number of tetrazole rings is 1. The molecule has 17 heavy (non-hydrogen) atoms. The third-order valence-corrected chi connectivity index (χ3v) is 2.43. The summed E-state index contributed by atoms with van der Waals surface area (Å²) in [5.74, 6) is -0.806. The first-order valence-corrected chi connectivity index (χ1v) is 5.23. The van der Waals surface area contributed by atoms with E-state index in [1.54, 1.807) is 6.92 Å². The van der Waals surface area contributed by atoms with Crippen molar-refractivity contribution in [2.75, 3.05) is 0 Å². The quantitative estimate of drug-likeness (QED) is 0.852. The first-order chi connectivity index (χ1) is 8.18. The summed E-state index contributed by atoms with van der Waals surface area (Å²) in [5, 5.41) is 20.2. The first-order valence-electron chi connectivity index (χ1n) is 5.23. The normalized spacial score (nSPS) is 12.3. The molecule has 6 heteroatoms. The molecule has 0 spiro atoms. The number of carboxylic acids is 1. The number of nitrogens with zero attached hydrogens (tertiary/aromatic N) is 4. The summed E-state index contributed by atoms with van der Waals surface area (Å²) in [5.41, 5.74) is 0.870. The Morgan fingerprint density at radius 2 is 2.12 bits per heavy atom. The van der Waals surface area contributed by atoms with E-state index in [1.807, 2.05) is 30.3 Å². The van der Waals surface area contributed by atoms with Crippen LogP contribution in [0.2, 0.25) is 0 Å². The van der Waals surface area contributed by atoms with Crippen LogP contribution in [0, 0.1) is 5.92 Å². The lowest BCUT2D eigenvalue weighted by molar-refractivity contribution is -0.141. The van der Waals surface area contributed by atoms with Gasteiger partial charge in [-0.3, -0.25) is 4.79 Å². The van der Waals surface area contributed by atoms with Crippen LogP contribution in [0.4, 0.5) is 0 Å². The molecule has 1 heterocycles. The second-order valence-electron chi connectivity index (χ2n) is 3.79.